The van der Waals surface area contributed by atoms with Crippen molar-refractivity contribution in [3.63, 3.8) is 0 Å². The molecule has 6 heteroatoms. The van der Waals surface area contributed by atoms with Gasteiger partial charge in [-0.05, 0) is 41.8 Å². The standard InChI is InChI=1S/C10H10ClIN4/c1-13-5-9-8(11)2-3-10(15-9)16-6-7(12)4-14-16/h2-4,6,13H,5H2,1H3. The molecule has 2 aromatic rings. The van der Waals surface area contributed by atoms with Crippen molar-refractivity contribution in [2.45, 2.75) is 6.54 Å². The van der Waals surface area contributed by atoms with Crippen LogP contribution in [0.2, 0.25) is 5.02 Å². The smallest absolute Gasteiger partial charge is 0.153 e. The molecule has 0 aliphatic heterocycles. The van der Waals surface area contributed by atoms with Gasteiger partial charge in [-0.2, -0.15) is 5.10 Å². The molecule has 2 aromatic heterocycles. The van der Waals surface area contributed by atoms with Crippen LogP contribution in [0.15, 0.2) is 24.5 Å². The first kappa shape index (κ1) is 11.8. The van der Waals surface area contributed by atoms with E-state index >= 15 is 0 Å². The predicted octanol–water partition coefficient (Wildman–Crippen LogP) is 2.24. The van der Waals surface area contributed by atoms with E-state index in [4.69, 9.17) is 11.6 Å². The van der Waals surface area contributed by atoms with Crippen LogP contribution in [0.5, 0.6) is 0 Å². The highest BCUT2D eigenvalue weighted by Crippen LogP contribution is 2.16. The average Bonchev–Trinajstić information content (AvgIpc) is 2.69. The van der Waals surface area contributed by atoms with Crippen LogP contribution in [-0.2, 0) is 6.54 Å². The largest absolute Gasteiger partial charge is 0.314 e. The van der Waals surface area contributed by atoms with E-state index in [2.05, 4.69) is 38.0 Å². The molecule has 0 aromatic carbocycles. The summed E-state index contributed by atoms with van der Waals surface area (Å²) in [6.45, 7) is 0.644. The van der Waals surface area contributed by atoms with Crippen LogP contribution in [0, 0.1) is 3.57 Å². The van der Waals surface area contributed by atoms with Gasteiger partial charge in [-0.25, -0.2) is 9.67 Å². The SMILES string of the molecule is CNCc1nc(-n2cc(I)cn2)ccc1Cl. The van der Waals surface area contributed by atoms with Crippen LogP contribution < -0.4 is 5.32 Å². The number of nitrogens with zero attached hydrogens (tertiary/aromatic N) is 3. The second-order valence-corrected chi connectivity index (χ2v) is 4.88. The lowest BCUT2D eigenvalue weighted by Gasteiger charge is -2.05. The highest BCUT2D eigenvalue weighted by atomic mass is 127. The van der Waals surface area contributed by atoms with Gasteiger partial charge in [0, 0.05) is 12.7 Å². The second-order valence-electron chi connectivity index (χ2n) is 3.23. The molecule has 0 saturated carbocycles. The molecule has 0 aliphatic rings. The van der Waals surface area contributed by atoms with Crippen molar-refractivity contribution in [1.29, 1.82) is 0 Å². The molecule has 0 radical (unpaired) electrons. The van der Waals surface area contributed by atoms with E-state index in [1.54, 1.807) is 10.9 Å². The molecule has 1 N–H and O–H groups in total. The van der Waals surface area contributed by atoms with Gasteiger partial charge in [0.2, 0.25) is 0 Å². The topological polar surface area (TPSA) is 42.7 Å². The third kappa shape index (κ3) is 2.53. The zero-order chi connectivity index (χ0) is 11.5. The van der Waals surface area contributed by atoms with Crippen LogP contribution in [0.25, 0.3) is 5.82 Å². The summed E-state index contributed by atoms with van der Waals surface area (Å²) in [4.78, 5) is 4.45. The lowest BCUT2D eigenvalue weighted by atomic mass is 10.3. The second kappa shape index (κ2) is 5.11. The zero-order valence-electron chi connectivity index (χ0n) is 8.61. The van der Waals surface area contributed by atoms with E-state index in [1.165, 1.54) is 0 Å². The van der Waals surface area contributed by atoms with E-state index in [9.17, 15) is 0 Å². The molecular formula is C10H10ClIN4. The van der Waals surface area contributed by atoms with E-state index in [0.29, 0.717) is 11.6 Å². The summed E-state index contributed by atoms with van der Waals surface area (Å²) in [5, 5.41) is 7.90. The Kier molecular flexibility index (Phi) is 3.78. The summed E-state index contributed by atoms with van der Waals surface area (Å²) in [5.74, 6) is 0.776. The number of hydrogen-bond donors (Lipinski definition) is 1. The van der Waals surface area contributed by atoms with Crippen molar-refractivity contribution in [1.82, 2.24) is 20.1 Å². The quantitative estimate of drug-likeness (QED) is 0.865. The van der Waals surface area contributed by atoms with Crippen molar-refractivity contribution in [2.75, 3.05) is 7.05 Å². The van der Waals surface area contributed by atoms with Crippen LogP contribution in [0.4, 0.5) is 0 Å². The minimum absolute atomic E-state index is 0.644. The molecule has 0 atom stereocenters. The number of rotatable bonds is 3. The summed E-state index contributed by atoms with van der Waals surface area (Å²) in [5.41, 5.74) is 0.826. The Morgan fingerprint density at radius 2 is 2.31 bits per heavy atom. The molecule has 0 spiro atoms. The summed E-state index contributed by atoms with van der Waals surface area (Å²) in [6, 6.07) is 3.69. The highest BCUT2D eigenvalue weighted by Gasteiger charge is 2.05. The fraction of sp³-hybridized carbons (Fsp3) is 0.200. The van der Waals surface area contributed by atoms with Crippen molar-refractivity contribution in [3.8, 4) is 5.82 Å². The number of halogens is 2. The van der Waals surface area contributed by atoms with Gasteiger partial charge in [-0.3, -0.25) is 0 Å². The van der Waals surface area contributed by atoms with Gasteiger partial charge in [0.25, 0.3) is 0 Å². The summed E-state index contributed by atoms with van der Waals surface area (Å²) in [6.07, 6.45) is 3.70. The molecule has 0 amide bonds. The third-order valence-electron chi connectivity index (χ3n) is 2.03. The van der Waals surface area contributed by atoms with Gasteiger partial charge in [0.15, 0.2) is 5.82 Å². The maximum atomic E-state index is 6.03. The maximum absolute atomic E-state index is 6.03. The fourth-order valence-electron chi connectivity index (χ4n) is 1.32. The molecule has 0 unspecified atom stereocenters. The maximum Gasteiger partial charge on any atom is 0.153 e. The Morgan fingerprint density at radius 3 is 2.94 bits per heavy atom. The lowest BCUT2D eigenvalue weighted by Crippen LogP contribution is -2.09. The van der Waals surface area contributed by atoms with Crippen molar-refractivity contribution in [3.05, 3.63) is 38.8 Å². The first-order chi connectivity index (χ1) is 7.70. The summed E-state index contributed by atoms with van der Waals surface area (Å²) < 4.78 is 2.81. The molecule has 2 heterocycles. The van der Waals surface area contributed by atoms with Crippen LogP contribution in [0.3, 0.4) is 0 Å². The molecule has 0 saturated heterocycles. The van der Waals surface area contributed by atoms with E-state index in [-0.39, 0.29) is 0 Å². The Balaban J connectivity index is 2.39. The Bertz CT molecular complexity index is 497. The van der Waals surface area contributed by atoms with Crippen LogP contribution in [-0.4, -0.2) is 21.8 Å². The van der Waals surface area contributed by atoms with Crippen LogP contribution in [0.1, 0.15) is 5.69 Å². The Morgan fingerprint density at radius 1 is 1.50 bits per heavy atom. The first-order valence-corrected chi connectivity index (χ1v) is 6.17. The van der Waals surface area contributed by atoms with Crippen molar-refractivity contribution >= 4 is 34.2 Å². The van der Waals surface area contributed by atoms with E-state index in [1.807, 2.05) is 25.4 Å². The van der Waals surface area contributed by atoms with Gasteiger partial charge in [0.1, 0.15) is 0 Å². The fourth-order valence-corrected chi connectivity index (χ4v) is 1.88. The molecule has 0 fully saturated rings. The molecule has 2 rings (SSSR count). The predicted molar refractivity (Wildman–Crippen MR) is 71.8 cm³/mol. The number of aromatic nitrogens is 3. The molecule has 4 nitrogen and oxygen atoms in total. The normalized spacial score (nSPS) is 10.7. The average molecular weight is 349 g/mol. The molecule has 0 bridgehead atoms. The molecular weight excluding hydrogens is 338 g/mol. The van der Waals surface area contributed by atoms with Gasteiger partial charge in [0.05, 0.1) is 20.5 Å². The number of nitrogens with one attached hydrogen (secondary N) is 1. The zero-order valence-corrected chi connectivity index (χ0v) is 11.5. The minimum atomic E-state index is 0.644. The molecule has 84 valence electrons. The highest BCUT2D eigenvalue weighted by molar-refractivity contribution is 14.1. The molecule has 0 aliphatic carbocycles. The van der Waals surface area contributed by atoms with E-state index in [0.717, 1.165) is 15.1 Å². The Labute approximate surface area is 112 Å². The third-order valence-corrected chi connectivity index (χ3v) is 2.94. The molecule has 16 heavy (non-hydrogen) atoms. The van der Waals surface area contributed by atoms with Gasteiger partial charge in [-0.15, -0.1) is 0 Å². The van der Waals surface area contributed by atoms with Crippen LogP contribution >= 0.6 is 34.2 Å². The minimum Gasteiger partial charge on any atom is -0.314 e. The first-order valence-electron chi connectivity index (χ1n) is 4.71. The Hall–Kier alpha value is -0.660. The van der Waals surface area contributed by atoms with Gasteiger partial charge < -0.3 is 5.32 Å². The lowest BCUT2D eigenvalue weighted by molar-refractivity contribution is 0.770. The summed E-state index contributed by atoms with van der Waals surface area (Å²) in [7, 11) is 1.86. The van der Waals surface area contributed by atoms with Gasteiger partial charge >= 0.3 is 0 Å². The van der Waals surface area contributed by atoms with Gasteiger partial charge in [-0.1, -0.05) is 11.6 Å². The number of pyridine rings is 1. The number of hydrogen-bond acceptors (Lipinski definition) is 3. The summed E-state index contributed by atoms with van der Waals surface area (Å²) >= 11 is 8.24. The van der Waals surface area contributed by atoms with E-state index < -0.39 is 0 Å². The monoisotopic (exact) mass is 348 g/mol. The van der Waals surface area contributed by atoms with Crippen molar-refractivity contribution < 1.29 is 0 Å². The van der Waals surface area contributed by atoms with Crippen molar-refractivity contribution in [2.24, 2.45) is 0 Å².